The number of hydrogen-bond donors (Lipinski definition) is 2. The Morgan fingerprint density at radius 3 is 2.84 bits per heavy atom. The van der Waals surface area contributed by atoms with Crippen molar-refractivity contribution >= 4 is 25.1 Å². The van der Waals surface area contributed by atoms with Gasteiger partial charge in [-0.1, -0.05) is 18.2 Å². The second kappa shape index (κ2) is 13.8. The number of benzene rings is 1. The van der Waals surface area contributed by atoms with Gasteiger partial charge in [0.2, 0.25) is 0 Å². The zero-order chi connectivity index (χ0) is 30.3. The zero-order valence-corrected chi connectivity index (χ0v) is 24.9. The van der Waals surface area contributed by atoms with E-state index in [1.807, 2.05) is 6.07 Å². The molecular weight excluding hydrogens is 577 g/mol. The van der Waals surface area contributed by atoms with Crippen LogP contribution >= 0.6 is 7.75 Å². The largest absolute Gasteiger partial charge is 0.464 e. The first-order valence-corrected chi connectivity index (χ1v) is 15.7. The van der Waals surface area contributed by atoms with Crippen molar-refractivity contribution in [3.05, 3.63) is 54.5 Å². The molecule has 4 atom stereocenters. The van der Waals surface area contributed by atoms with Crippen LogP contribution in [-0.2, 0) is 28.1 Å². The maximum absolute atomic E-state index is 14.0. The first-order chi connectivity index (χ1) is 20.8. The third-order valence-electron chi connectivity index (χ3n) is 7.33. The Morgan fingerprint density at radius 1 is 1.28 bits per heavy atom. The van der Waals surface area contributed by atoms with Crippen molar-refractivity contribution in [2.45, 2.75) is 43.9 Å². The molecule has 230 valence electrons. The number of carbonyl (C=O) groups excluding carboxylic acids is 1. The van der Waals surface area contributed by atoms with Gasteiger partial charge in [0.15, 0.2) is 11.4 Å². The van der Waals surface area contributed by atoms with E-state index in [1.54, 1.807) is 40.9 Å². The molecular formula is C28H36N7O7P. The second-order valence-electron chi connectivity index (χ2n) is 10.5. The Balaban J connectivity index is 1.22. The Bertz CT molecular complexity index is 1480. The summed E-state index contributed by atoms with van der Waals surface area (Å²) in [5.41, 5.74) is 5.86. The number of nitrogens with zero attached hydrogens (tertiary/aromatic N) is 5. The number of anilines is 1. The van der Waals surface area contributed by atoms with Crippen LogP contribution in [0.4, 0.5) is 5.82 Å². The van der Waals surface area contributed by atoms with E-state index in [9.17, 15) is 14.6 Å². The highest BCUT2D eigenvalue weighted by Crippen LogP contribution is 2.48. The fourth-order valence-electron chi connectivity index (χ4n) is 5.00. The summed E-state index contributed by atoms with van der Waals surface area (Å²) in [5, 5.41) is 17.1. The molecule has 0 aliphatic carbocycles. The van der Waals surface area contributed by atoms with Crippen LogP contribution in [0.1, 0.15) is 38.0 Å². The van der Waals surface area contributed by atoms with Crippen LogP contribution in [0.15, 0.2) is 48.8 Å². The van der Waals surface area contributed by atoms with Crippen LogP contribution in [0.5, 0.6) is 5.75 Å². The summed E-state index contributed by atoms with van der Waals surface area (Å²) < 4.78 is 44.1. The Kier molecular flexibility index (Phi) is 9.92. The van der Waals surface area contributed by atoms with Gasteiger partial charge in [-0.25, -0.2) is 14.1 Å². The summed E-state index contributed by atoms with van der Waals surface area (Å²) in [5.74, 6) is -0.0162. The molecule has 15 heteroatoms. The molecule has 2 aromatic heterocycles. The van der Waals surface area contributed by atoms with E-state index in [0.717, 1.165) is 19.6 Å². The van der Waals surface area contributed by atoms with Crippen molar-refractivity contribution in [2.24, 2.45) is 0 Å². The molecule has 2 saturated heterocycles. The predicted molar refractivity (Wildman–Crippen MR) is 155 cm³/mol. The van der Waals surface area contributed by atoms with Gasteiger partial charge in [-0.05, 0) is 50.5 Å². The van der Waals surface area contributed by atoms with Gasteiger partial charge in [0.05, 0.1) is 25.5 Å². The van der Waals surface area contributed by atoms with E-state index in [1.165, 1.54) is 13.3 Å². The lowest BCUT2D eigenvalue weighted by Crippen LogP contribution is -2.39. The molecule has 1 unspecified atom stereocenters. The molecule has 4 heterocycles. The molecule has 0 spiro atoms. The van der Waals surface area contributed by atoms with Crippen LogP contribution in [0.2, 0.25) is 0 Å². The summed E-state index contributed by atoms with van der Waals surface area (Å²) in [6.45, 7) is 5.24. The Labute approximate surface area is 249 Å². The standard InChI is InChI=1S/C28H36N7O7P/c1-21(27(36)39-15-5-12-34-13-16-38-17-14-34)33-43(37,42-22-6-3-2-4-7-22)40-19-28(18-29)11-10-25(41-28)23-8-9-24-26(30)31-20-32-35(23)24/h2-4,6-9,20-21,25H,5,10-17,19H2,1H3,(H,33,37)(H2,30,31,32)/t21-,25+,28+,43?/m0/s1. The fraction of sp³-hybridized carbons (Fsp3) is 0.500. The van der Waals surface area contributed by atoms with E-state index in [2.05, 4.69) is 26.1 Å². The van der Waals surface area contributed by atoms with Crippen LogP contribution in [0.3, 0.4) is 0 Å². The van der Waals surface area contributed by atoms with Crippen LogP contribution in [0.25, 0.3) is 5.52 Å². The number of carbonyl (C=O) groups is 1. The first kappa shape index (κ1) is 30.9. The van der Waals surface area contributed by atoms with Crippen molar-refractivity contribution in [1.82, 2.24) is 24.6 Å². The first-order valence-electron chi connectivity index (χ1n) is 14.2. The van der Waals surface area contributed by atoms with E-state index in [0.29, 0.717) is 49.5 Å². The number of nitriles is 1. The van der Waals surface area contributed by atoms with E-state index in [-0.39, 0.29) is 19.0 Å². The lowest BCUT2D eigenvalue weighted by atomic mass is 10.0. The summed E-state index contributed by atoms with van der Waals surface area (Å²) in [6.07, 6.45) is 2.30. The number of nitrogen functional groups attached to an aromatic ring is 1. The second-order valence-corrected chi connectivity index (χ2v) is 12.1. The maximum atomic E-state index is 14.0. The number of nitrogens with two attached hydrogens (primary N) is 1. The topological polar surface area (TPSA) is 176 Å². The molecule has 0 bridgehead atoms. The number of fused-ring (bicyclic) bond motifs is 1. The summed E-state index contributed by atoms with van der Waals surface area (Å²) in [4.78, 5) is 19.0. The van der Waals surface area contributed by atoms with Crippen molar-refractivity contribution in [2.75, 3.05) is 51.8 Å². The smallest absolute Gasteiger partial charge is 0.459 e. The minimum atomic E-state index is -4.19. The molecule has 0 saturated carbocycles. The number of hydrogen-bond acceptors (Lipinski definition) is 12. The number of aromatic nitrogens is 3. The van der Waals surface area contributed by atoms with E-state index < -0.39 is 31.5 Å². The molecule has 3 N–H and O–H groups in total. The quantitative estimate of drug-likeness (QED) is 0.164. The molecule has 1 aromatic carbocycles. The summed E-state index contributed by atoms with van der Waals surface area (Å²) in [6, 6.07) is 13.2. The van der Waals surface area contributed by atoms with Gasteiger partial charge in [-0.15, -0.1) is 0 Å². The highest BCUT2D eigenvalue weighted by Gasteiger charge is 2.45. The third-order valence-corrected chi connectivity index (χ3v) is 8.96. The Hall–Kier alpha value is -3.57. The minimum Gasteiger partial charge on any atom is -0.464 e. The van der Waals surface area contributed by atoms with Gasteiger partial charge < -0.3 is 24.5 Å². The lowest BCUT2D eigenvalue weighted by Gasteiger charge is -2.27. The molecule has 0 radical (unpaired) electrons. The number of ether oxygens (including phenoxy) is 3. The molecule has 0 amide bonds. The molecule has 5 rings (SSSR count). The molecule has 2 aliphatic rings. The highest BCUT2D eigenvalue weighted by molar-refractivity contribution is 7.52. The molecule has 3 aromatic rings. The Morgan fingerprint density at radius 2 is 2.07 bits per heavy atom. The van der Waals surface area contributed by atoms with Crippen molar-refractivity contribution in [3.63, 3.8) is 0 Å². The van der Waals surface area contributed by atoms with Crippen LogP contribution in [0, 0.1) is 11.3 Å². The van der Waals surface area contributed by atoms with Gasteiger partial charge in [0.25, 0.3) is 0 Å². The maximum Gasteiger partial charge on any atom is 0.459 e. The van der Waals surface area contributed by atoms with Gasteiger partial charge in [0, 0.05) is 19.6 Å². The number of nitrogens with one attached hydrogen (secondary N) is 1. The van der Waals surface area contributed by atoms with Crippen molar-refractivity contribution in [1.29, 1.82) is 5.26 Å². The predicted octanol–water partition coefficient (Wildman–Crippen LogP) is 2.87. The highest BCUT2D eigenvalue weighted by atomic mass is 31.2. The molecule has 43 heavy (non-hydrogen) atoms. The summed E-state index contributed by atoms with van der Waals surface area (Å²) >= 11 is 0. The fourth-order valence-corrected chi connectivity index (χ4v) is 6.54. The molecule has 2 aliphatic heterocycles. The van der Waals surface area contributed by atoms with Crippen molar-refractivity contribution < 1.29 is 32.6 Å². The number of para-hydroxylation sites is 1. The van der Waals surface area contributed by atoms with Crippen molar-refractivity contribution in [3.8, 4) is 11.8 Å². The van der Waals surface area contributed by atoms with E-state index in [4.69, 9.17) is 29.0 Å². The average Bonchev–Trinajstić information content (AvgIpc) is 3.65. The van der Waals surface area contributed by atoms with Crippen LogP contribution < -0.4 is 15.3 Å². The van der Waals surface area contributed by atoms with Gasteiger partial charge in [0.1, 0.15) is 42.4 Å². The van der Waals surface area contributed by atoms with E-state index >= 15 is 0 Å². The monoisotopic (exact) mass is 613 g/mol. The minimum absolute atomic E-state index is 0.213. The number of esters is 1. The normalized spacial score (nSPS) is 22.9. The summed E-state index contributed by atoms with van der Waals surface area (Å²) in [7, 11) is -4.19. The zero-order valence-electron chi connectivity index (χ0n) is 24.0. The lowest BCUT2D eigenvalue weighted by molar-refractivity contribution is -0.145. The number of morpholine rings is 1. The molecule has 2 fully saturated rings. The van der Waals surface area contributed by atoms with Gasteiger partial charge >= 0.3 is 13.7 Å². The average molecular weight is 614 g/mol. The van der Waals surface area contributed by atoms with Gasteiger partial charge in [-0.3, -0.25) is 14.2 Å². The van der Waals surface area contributed by atoms with Gasteiger partial charge in [-0.2, -0.15) is 15.4 Å². The number of rotatable bonds is 13. The SMILES string of the molecule is C[C@H](NP(=O)(OC[C@]1(C#N)CC[C@H](c2ccc3c(N)ncnn23)O1)Oc1ccccc1)C(=O)OCCCN1CCOCC1. The third kappa shape index (κ3) is 7.69. The molecule has 14 nitrogen and oxygen atoms in total. The van der Waals surface area contributed by atoms with Crippen LogP contribution in [-0.4, -0.2) is 83.2 Å².